The van der Waals surface area contributed by atoms with Crippen molar-refractivity contribution in [2.75, 3.05) is 0 Å². The van der Waals surface area contributed by atoms with E-state index in [1.807, 2.05) is 6.07 Å². The zero-order chi connectivity index (χ0) is 20.8. The summed E-state index contributed by atoms with van der Waals surface area (Å²) in [6, 6.07) is 36.3. The summed E-state index contributed by atoms with van der Waals surface area (Å²) in [7, 11) is 0. The number of aliphatic imine (C=N–C) groups is 1. The van der Waals surface area contributed by atoms with E-state index in [-0.39, 0.29) is 0 Å². The number of allylic oxidation sites excluding steroid dienone is 1. The lowest BCUT2D eigenvalue weighted by Gasteiger charge is -2.07. The Morgan fingerprint density at radius 1 is 0.667 bits per heavy atom. The van der Waals surface area contributed by atoms with Gasteiger partial charge in [0.15, 0.2) is 0 Å². The van der Waals surface area contributed by atoms with Gasteiger partial charge in [0.1, 0.15) is 0 Å². The van der Waals surface area contributed by atoms with Crippen molar-refractivity contribution in [2.45, 2.75) is 13.3 Å². The summed E-state index contributed by atoms with van der Waals surface area (Å²) in [6.45, 7) is 5.88. The molecule has 0 fully saturated rings. The number of hydrogen-bond acceptors (Lipinski definition) is 1. The Labute approximate surface area is 179 Å². The van der Waals surface area contributed by atoms with Crippen molar-refractivity contribution < 1.29 is 0 Å². The minimum Gasteiger partial charge on any atom is -0.264 e. The van der Waals surface area contributed by atoms with E-state index < -0.39 is 0 Å². The first-order valence-corrected chi connectivity index (χ1v) is 10.2. The van der Waals surface area contributed by atoms with Gasteiger partial charge in [-0.05, 0) is 53.4 Å². The van der Waals surface area contributed by atoms with Crippen molar-refractivity contribution in [3.8, 4) is 22.3 Å². The normalized spacial score (nSPS) is 11.3. The minimum absolute atomic E-state index is 0.823. The van der Waals surface area contributed by atoms with Gasteiger partial charge in [-0.1, -0.05) is 115 Å². The third-order valence-corrected chi connectivity index (χ3v) is 5.33. The fraction of sp³-hybridized carbons (Fsp3) is 0.0690. The number of hydrogen-bond donors (Lipinski definition) is 0. The number of aryl methyl sites for hydroxylation is 1. The van der Waals surface area contributed by atoms with Crippen LogP contribution < -0.4 is 0 Å². The molecule has 30 heavy (non-hydrogen) atoms. The molecule has 0 aromatic heterocycles. The van der Waals surface area contributed by atoms with Gasteiger partial charge >= 0.3 is 0 Å². The van der Waals surface area contributed by atoms with Crippen molar-refractivity contribution in [1.29, 1.82) is 0 Å². The van der Waals surface area contributed by atoms with Gasteiger partial charge in [0.25, 0.3) is 0 Å². The average Bonchev–Trinajstić information content (AvgIpc) is 2.81. The number of rotatable bonds is 6. The molecule has 0 N–H and O–H groups in total. The Morgan fingerprint density at radius 3 is 1.73 bits per heavy atom. The molecule has 0 saturated heterocycles. The molecule has 0 aliphatic carbocycles. The summed E-state index contributed by atoms with van der Waals surface area (Å²) >= 11 is 0. The van der Waals surface area contributed by atoms with Crippen LogP contribution in [0.1, 0.15) is 16.7 Å². The largest absolute Gasteiger partial charge is 0.264 e. The fourth-order valence-electron chi connectivity index (χ4n) is 3.53. The molecule has 0 aliphatic heterocycles. The van der Waals surface area contributed by atoms with Gasteiger partial charge in [-0.2, -0.15) is 0 Å². The molecule has 0 atom stereocenters. The Kier molecular flexibility index (Phi) is 6.01. The van der Waals surface area contributed by atoms with Crippen LogP contribution in [0.4, 0.5) is 0 Å². The maximum atomic E-state index is 4.26. The Bertz CT molecular complexity index is 1130. The lowest BCUT2D eigenvalue weighted by atomic mass is 10.0. The zero-order valence-electron chi connectivity index (χ0n) is 17.3. The second-order valence-corrected chi connectivity index (χ2v) is 7.46. The molecule has 146 valence electrons. The highest BCUT2D eigenvalue weighted by atomic mass is 14.7. The summed E-state index contributed by atoms with van der Waals surface area (Å²) in [4.78, 5) is 4.26. The molecule has 0 amide bonds. The maximum absolute atomic E-state index is 4.26. The van der Waals surface area contributed by atoms with E-state index in [0.29, 0.717) is 0 Å². The van der Waals surface area contributed by atoms with Crippen LogP contribution in [0.15, 0.2) is 114 Å². The molecule has 0 heterocycles. The third-order valence-electron chi connectivity index (χ3n) is 5.33. The summed E-state index contributed by atoms with van der Waals surface area (Å²) in [5.74, 6) is 0. The lowest BCUT2D eigenvalue weighted by molar-refractivity contribution is 1.26. The predicted octanol–water partition coefficient (Wildman–Crippen LogP) is 7.61. The van der Waals surface area contributed by atoms with E-state index in [0.717, 1.165) is 17.7 Å². The van der Waals surface area contributed by atoms with Gasteiger partial charge in [-0.25, -0.2) is 0 Å². The number of benzene rings is 4. The van der Waals surface area contributed by atoms with Crippen LogP contribution in [0.25, 0.3) is 28.0 Å². The van der Waals surface area contributed by atoms with E-state index in [9.17, 15) is 0 Å². The Morgan fingerprint density at radius 2 is 1.17 bits per heavy atom. The lowest BCUT2D eigenvalue weighted by Crippen LogP contribution is -1.87. The third kappa shape index (κ3) is 4.64. The summed E-state index contributed by atoms with van der Waals surface area (Å²) in [5, 5.41) is 0. The first-order valence-electron chi connectivity index (χ1n) is 10.2. The number of nitrogens with zero attached hydrogens (tertiary/aromatic N) is 1. The van der Waals surface area contributed by atoms with Gasteiger partial charge in [0.2, 0.25) is 0 Å². The van der Waals surface area contributed by atoms with Crippen LogP contribution in [-0.4, -0.2) is 6.72 Å². The smallest absolute Gasteiger partial charge is 0.0658 e. The molecule has 0 spiro atoms. The highest BCUT2D eigenvalue weighted by Crippen LogP contribution is 2.24. The van der Waals surface area contributed by atoms with Gasteiger partial charge in [-0.3, -0.25) is 4.99 Å². The molecule has 0 aliphatic rings. The Balaban J connectivity index is 1.48. The molecular weight excluding hydrogens is 362 g/mol. The van der Waals surface area contributed by atoms with E-state index in [1.54, 1.807) is 0 Å². The molecule has 0 bridgehead atoms. The predicted molar refractivity (Wildman–Crippen MR) is 130 cm³/mol. The van der Waals surface area contributed by atoms with E-state index in [2.05, 4.69) is 122 Å². The van der Waals surface area contributed by atoms with Gasteiger partial charge in [0.05, 0.1) is 5.70 Å². The maximum Gasteiger partial charge on any atom is 0.0658 e. The van der Waals surface area contributed by atoms with Crippen molar-refractivity contribution in [1.82, 2.24) is 0 Å². The highest BCUT2D eigenvalue weighted by Gasteiger charge is 2.03. The van der Waals surface area contributed by atoms with Crippen molar-refractivity contribution in [2.24, 2.45) is 4.99 Å². The summed E-state index contributed by atoms with van der Waals surface area (Å²) < 4.78 is 0. The zero-order valence-corrected chi connectivity index (χ0v) is 17.3. The summed E-state index contributed by atoms with van der Waals surface area (Å²) in [6.07, 6.45) is 2.97. The average molecular weight is 388 g/mol. The van der Waals surface area contributed by atoms with Gasteiger partial charge in [-0.15, -0.1) is 0 Å². The van der Waals surface area contributed by atoms with E-state index in [1.165, 1.54) is 33.4 Å². The fourth-order valence-corrected chi connectivity index (χ4v) is 3.53. The van der Waals surface area contributed by atoms with Crippen molar-refractivity contribution in [3.63, 3.8) is 0 Å². The SMILES string of the molecule is C=N/C(=C\Cc1ccc(-c2ccccc2)cc1)c1ccc(-c2ccc(C)cc2)cc1. The Hall–Kier alpha value is -3.71. The first-order chi connectivity index (χ1) is 14.7. The second kappa shape index (κ2) is 9.19. The molecular formula is C29H25N. The van der Waals surface area contributed by atoms with E-state index >= 15 is 0 Å². The van der Waals surface area contributed by atoms with Crippen LogP contribution >= 0.6 is 0 Å². The molecule has 4 aromatic carbocycles. The van der Waals surface area contributed by atoms with E-state index in [4.69, 9.17) is 0 Å². The molecule has 1 heteroatoms. The second-order valence-electron chi connectivity index (χ2n) is 7.46. The molecule has 1 nitrogen and oxygen atoms in total. The quantitative estimate of drug-likeness (QED) is 0.302. The highest BCUT2D eigenvalue weighted by molar-refractivity contribution is 5.72. The van der Waals surface area contributed by atoms with Crippen molar-refractivity contribution in [3.05, 3.63) is 126 Å². The molecule has 0 unspecified atom stereocenters. The first kappa shape index (κ1) is 19.6. The molecule has 4 rings (SSSR count). The van der Waals surface area contributed by atoms with Crippen LogP contribution in [-0.2, 0) is 6.42 Å². The van der Waals surface area contributed by atoms with Gasteiger partial charge in [0, 0.05) is 0 Å². The van der Waals surface area contributed by atoms with Crippen LogP contribution in [0.2, 0.25) is 0 Å². The monoisotopic (exact) mass is 387 g/mol. The minimum atomic E-state index is 0.823. The summed E-state index contributed by atoms with van der Waals surface area (Å²) in [5.41, 5.74) is 9.43. The molecule has 0 saturated carbocycles. The van der Waals surface area contributed by atoms with Crippen LogP contribution in [0.5, 0.6) is 0 Å². The van der Waals surface area contributed by atoms with Crippen LogP contribution in [0, 0.1) is 6.92 Å². The topological polar surface area (TPSA) is 12.4 Å². The standard InChI is InChI=1S/C29H25N/c1-22-8-13-25(14-9-22)27-17-19-28(20-18-27)29(30-2)21-12-23-10-15-26(16-11-23)24-6-4-3-5-7-24/h3-11,13-21H,2,12H2,1H3/b29-21-. The van der Waals surface area contributed by atoms with Crippen LogP contribution in [0.3, 0.4) is 0 Å². The van der Waals surface area contributed by atoms with Gasteiger partial charge < -0.3 is 0 Å². The van der Waals surface area contributed by atoms with Crippen molar-refractivity contribution >= 4 is 12.4 Å². The molecule has 0 radical (unpaired) electrons. The molecule has 4 aromatic rings.